The summed E-state index contributed by atoms with van der Waals surface area (Å²) in [5, 5.41) is 14.9. The Morgan fingerprint density at radius 3 is 2.52 bits per heavy atom. The molecule has 0 aliphatic heterocycles. The minimum Gasteiger partial charge on any atom is -0.497 e. The highest BCUT2D eigenvalue weighted by Crippen LogP contribution is 2.21. The summed E-state index contributed by atoms with van der Waals surface area (Å²) in [4.78, 5) is 36.2. The number of nitrogens with one attached hydrogen (secondary N) is 2. The Labute approximate surface area is 170 Å². The first kappa shape index (κ1) is 20.2. The van der Waals surface area contributed by atoms with E-state index in [0.717, 1.165) is 10.7 Å². The van der Waals surface area contributed by atoms with Gasteiger partial charge >= 0.3 is 5.97 Å². The molecular formula is C20H18ClN3O5. The van der Waals surface area contributed by atoms with Gasteiger partial charge in [-0.3, -0.25) is 19.5 Å². The van der Waals surface area contributed by atoms with Gasteiger partial charge in [-0.05, 0) is 29.8 Å². The van der Waals surface area contributed by atoms with Crippen molar-refractivity contribution in [2.24, 2.45) is 0 Å². The van der Waals surface area contributed by atoms with E-state index in [2.05, 4.69) is 10.4 Å². The Hall–Kier alpha value is -3.52. The van der Waals surface area contributed by atoms with Crippen LogP contribution in [0, 0.1) is 0 Å². The molecule has 3 N–H and O–H groups in total. The summed E-state index contributed by atoms with van der Waals surface area (Å²) in [5.41, 5.74) is 0.506. The van der Waals surface area contributed by atoms with E-state index in [1.54, 1.807) is 48.5 Å². The van der Waals surface area contributed by atoms with Gasteiger partial charge in [0.2, 0.25) is 0 Å². The smallest absolute Gasteiger partial charge is 0.305 e. The molecule has 1 heterocycles. The number of rotatable bonds is 7. The van der Waals surface area contributed by atoms with Crippen LogP contribution in [-0.4, -0.2) is 33.9 Å². The lowest BCUT2D eigenvalue weighted by atomic mass is 10.0. The lowest BCUT2D eigenvalue weighted by molar-refractivity contribution is -0.137. The third-order valence-corrected chi connectivity index (χ3v) is 4.58. The SMILES string of the molecule is COc1ccc([C@H](CC(=O)O)NC(=O)c2cc(=O)n(-c3ccccc3Cl)[nH]2)cc1. The number of aromatic nitrogens is 2. The summed E-state index contributed by atoms with van der Waals surface area (Å²) in [6.07, 6.45) is -0.326. The number of ether oxygens (including phenoxy) is 1. The van der Waals surface area contributed by atoms with Crippen LogP contribution in [-0.2, 0) is 4.79 Å². The summed E-state index contributed by atoms with van der Waals surface area (Å²) in [6.45, 7) is 0. The van der Waals surface area contributed by atoms with Crippen molar-refractivity contribution in [1.29, 1.82) is 0 Å². The number of hydrogen-bond acceptors (Lipinski definition) is 4. The van der Waals surface area contributed by atoms with E-state index in [9.17, 15) is 19.5 Å². The summed E-state index contributed by atoms with van der Waals surface area (Å²) in [5.74, 6) is -1.08. The molecule has 1 aromatic heterocycles. The number of carboxylic acid groups (broad SMARTS) is 1. The van der Waals surface area contributed by atoms with Gasteiger partial charge in [-0.2, -0.15) is 0 Å². The van der Waals surface area contributed by atoms with Crippen molar-refractivity contribution in [3.8, 4) is 11.4 Å². The first-order chi connectivity index (χ1) is 13.9. The summed E-state index contributed by atoms with van der Waals surface area (Å²) >= 11 is 6.11. The molecule has 0 aliphatic rings. The molecule has 0 saturated heterocycles. The van der Waals surface area contributed by atoms with Crippen LogP contribution in [0.4, 0.5) is 0 Å². The van der Waals surface area contributed by atoms with Gasteiger partial charge in [0.05, 0.1) is 30.3 Å². The molecule has 0 radical (unpaired) electrons. The number of aliphatic carboxylic acids is 1. The molecule has 3 aromatic rings. The molecule has 0 saturated carbocycles. The monoisotopic (exact) mass is 415 g/mol. The lowest BCUT2D eigenvalue weighted by Crippen LogP contribution is -2.30. The van der Waals surface area contributed by atoms with Gasteiger partial charge in [0.15, 0.2) is 0 Å². The molecule has 1 amide bonds. The van der Waals surface area contributed by atoms with Gasteiger partial charge in [-0.1, -0.05) is 35.9 Å². The van der Waals surface area contributed by atoms with Gasteiger partial charge in [-0.25, -0.2) is 4.68 Å². The first-order valence-electron chi connectivity index (χ1n) is 8.62. The average molecular weight is 416 g/mol. The number of para-hydroxylation sites is 1. The number of carbonyl (C=O) groups is 2. The Balaban J connectivity index is 1.86. The molecule has 1 atom stereocenters. The van der Waals surface area contributed by atoms with Crippen LogP contribution < -0.4 is 15.6 Å². The van der Waals surface area contributed by atoms with E-state index in [-0.39, 0.29) is 12.1 Å². The third-order valence-electron chi connectivity index (χ3n) is 4.26. The summed E-state index contributed by atoms with van der Waals surface area (Å²) in [6, 6.07) is 13.7. The lowest BCUT2D eigenvalue weighted by Gasteiger charge is -2.17. The Morgan fingerprint density at radius 2 is 1.90 bits per heavy atom. The minimum atomic E-state index is -1.08. The maximum absolute atomic E-state index is 12.7. The number of benzene rings is 2. The molecule has 0 bridgehead atoms. The fourth-order valence-corrected chi connectivity index (χ4v) is 3.04. The zero-order valence-electron chi connectivity index (χ0n) is 15.4. The van der Waals surface area contributed by atoms with Gasteiger partial charge in [0, 0.05) is 6.07 Å². The van der Waals surface area contributed by atoms with E-state index in [1.807, 2.05) is 0 Å². The molecule has 29 heavy (non-hydrogen) atoms. The highest BCUT2D eigenvalue weighted by Gasteiger charge is 2.21. The number of carbonyl (C=O) groups excluding carboxylic acids is 1. The van der Waals surface area contributed by atoms with Crippen LogP contribution in [0.3, 0.4) is 0 Å². The van der Waals surface area contributed by atoms with E-state index in [1.165, 1.54) is 7.11 Å². The van der Waals surface area contributed by atoms with Crippen LogP contribution >= 0.6 is 11.6 Å². The minimum absolute atomic E-state index is 0.0150. The number of hydrogen-bond donors (Lipinski definition) is 3. The number of amides is 1. The molecule has 0 aliphatic carbocycles. The number of carboxylic acids is 1. The Kier molecular flexibility index (Phi) is 6.04. The molecular weight excluding hydrogens is 398 g/mol. The second-order valence-electron chi connectivity index (χ2n) is 6.19. The zero-order chi connectivity index (χ0) is 21.0. The van der Waals surface area contributed by atoms with Crippen LogP contribution in [0.15, 0.2) is 59.4 Å². The second-order valence-corrected chi connectivity index (χ2v) is 6.60. The standard InChI is InChI=1S/C20H18ClN3O5/c1-29-13-8-6-12(7-9-13)15(11-19(26)27)22-20(28)16-10-18(25)24(23-16)17-5-3-2-4-14(17)21/h2-10,15,23H,11H2,1H3,(H,22,28)(H,26,27)/t15-/m0/s1. The molecule has 0 spiro atoms. The maximum Gasteiger partial charge on any atom is 0.305 e. The van der Waals surface area contributed by atoms with E-state index in [0.29, 0.717) is 22.0 Å². The zero-order valence-corrected chi connectivity index (χ0v) is 16.1. The van der Waals surface area contributed by atoms with Crippen molar-refractivity contribution < 1.29 is 19.4 Å². The van der Waals surface area contributed by atoms with E-state index in [4.69, 9.17) is 16.3 Å². The van der Waals surface area contributed by atoms with Crippen molar-refractivity contribution in [2.75, 3.05) is 7.11 Å². The van der Waals surface area contributed by atoms with Gasteiger partial charge < -0.3 is 15.2 Å². The maximum atomic E-state index is 12.7. The van der Waals surface area contributed by atoms with Crippen molar-refractivity contribution in [2.45, 2.75) is 12.5 Å². The highest BCUT2D eigenvalue weighted by atomic mass is 35.5. The quantitative estimate of drug-likeness (QED) is 0.549. The molecule has 2 aromatic carbocycles. The predicted molar refractivity (Wildman–Crippen MR) is 107 cm³/mol. The largest absolute Gasteiger partial charge is 0.497 e. The Bertz CT molecular complexity index is 1090. The number of H-pyrrole nitrogens is 1. The molecule has 0 fully saturated rings. The predicted octanol–water partition coefficient (Wildman–Crippen LogP) is 2.77. The first-order valence-corrected chi connectivity index (χ1v) is 9.00. The molecule has 8 nitrogen and oxygen atoms in total. The summed E-state index contributed by atoms with van der Waals surface area (Å²) < 4.78 is 6.24. The molecule has 150 valence electrons. The van der Waals surface area contributed by atoms with Crippen LogP contribution in [0.5, 0.6) is 5.75 Å². The van der Waals surface area contributed by atoms with Crippen molar-refractivity contribution in [3.05, 3.63) is 81.2 Å². The van der Waals surface area contributed by atoms with Crippen molar-refractivity contribution >= 4 is 23.5 Å². The highest BCUT2D eigenvalue weighted by molar-refractivity contribution is 6.32. The number of methoxy groups -OCH3 is 1. The molecule has 0 unspecified atom stereocenters. The van der Waals surface area contributed by atoms with Crippen LogP contribution in [0.2, 0.25) is 5.02 Å². The molecule has 9 heteroatoms. The average Bonchev–Trinajstić information content (AvgIpc) is 3.09. The summed E-state index contributed by atoms with van der Waals surface area (Å²) in [7, 11) is 1.52. The van der Waals surface area contributed by atoms with E-state index < -0.39 is 23.5 Å². The topological polar surface area (TPSA) is 113 Å². The van der Waals surface area contributed by atoms with Gasteiger partial charge in [-0.15, -0.1) is 0 Å². The van der Waals surface area contributed by atoms with Crippen LogP contribution in [0.25, 0.3) is 5.69 Å². The van der Waals surface area contributed by atoms with Gasteiger partial charge in [0.25, 0.3) is 11.5 Å². The fourth-order valence-electron chi connectivity index (χ4n) is 2.82. The second kappa shape index (κ2) is 8.66. The molecule has 3 rings (SSSR count). The Morgan fingerprint density at radius 1 is 1.21 bits per heavy atom. The normalized spacial score (nSPS) is 11.7. The van der Waals surface area contributed by atoms with Crippen molar-refractivity contribution in [1.82, 2.24) is 15.1 Å². The number of nitrogens with zero attached hydrogens (tertiary/aromatic N) is 1. The van der Waals surface area contributed by atoms with Crippen molar-refractivity contribution in [3.63, 3.8) is 0 Å². The van der Waals surface area contributed by atoms with Gasteiger partial charge in [0.1, 0.15) is 11.4 Å². The third kappa shape index (κ3) is 4.67. The number of aromatic amines is 1. The fraction of sp³-hybridized carbons (Fsp3) is 0.150. The number of halogens is 1. The van der Waals surface area contributed by atoms with E-state index >= 15 is 0 Å². The van der Waals surface area contributed by atoms with Crippen LogP contribution in [0.1, 0.15) is 28.5 Å².